The summed E-state index contributed by atoms with van der Waals surface area (Å²) >= 11 is 0. The largest absolute Gasteiger partial charge is 0.493 e. The molecule has 0 bridgehead atoms. The van der Waals surface area contributed by atoms with Crippen molar-refractivity contribution in [2.24, 2.45) is 5.92 Å². The Morgan fingerprint density at radius 2 is 1.76 bits per heavy atom. The van der Waals surface area contributed by atoms with Crippen molar-refractivity contribution < 1.29 is 23.8 Å². The normalized spacial score (nSPS) is 14.0. The SMILES string of the molecule is COc1ccc(C(=O)O[C@@H](C)C(=O)N[C@@](C)(C#N)C(C)C)cc1OC. The van der Waals surface area contributed by atoms with Crippen molar-refractivity contribution >= 4 is 11.9 Å². The minimum Gasteiger partial charge on any atom is -0.493 e. The molecule has 0 spiro atoms. The highest BCUT2D eigenvalue weighted by Gasteiger charge is 2.32. The van der Waals surface area contributed by atoms with Gasteiger partial charge in [0.25, 0.3) is 5.91 Å². The van der Waals surface area contributed by atoms with E-state index in [9.17, 15) is 14.9 Å². The van der Waals surface area contributed by atoms with Crippen LogP contribution in [0.4, 0.5) is 0 Å². The number of nitrogens with zero attached hydrogens (tertiary/aromatic N) is 1. The number of hydrogen-bond acceptors (Lipinski definition) is 6. The monoisotopic (exact) mass is 348 g/mol. The van der Waals surface area contributed by atoms with Crippen LogP contribution in [0.3, 0.4) is 0 Å². The second kappa shape index (κ2) is 8.38. The quantitative estimate of drug-likeness (QED) is 0.759. The highest BCUT2D eigenvalue weighted by molar-refractivity contribution is 5.93. The molecule has 7 nitrogen and oxygen atoms in total. The molecule has 1 rings (SSSR count). The summed E-state index contributed by atoms with van der Waals surface area (Å²) in [5.74, 6) is -0.453. The van der Waals surface area contributed by atoms with Gasteiger partial charge in [0, 0.05) is 0 Å². The second-order valence-electron chi connectivity index (χ2n) is 6.08. The van der Waals surface area contributed by atoms with E-state index in [1.807, 2.05) is 13.8 Å². The molecule has 0 aromatic heterocycles. The molecule has 0 aliphatic heterocycles. The van der Waals surface area contributed by atoms with Crippen LogP contribution >= 0.6 is 0 Å². The lowest BCUT2D eigenvalue weighted by Crippen LogP contribution is -2.52. The van der Waals surface area contributed by atoms with Gasteiger partial charge >= 0.3 is 5.97 Å². The second-order valence-corrected chi connectivity index (χ2v) is 6.08. The minimum atomic E-state index is -1.05. The molecule has 1 amide bonds. The maximum absolute atomic E-state index is 12.2. The summed E-state index contributed by atoms with van der Waals surface area (Å²) in [7, 11) is 2.95. The first-order valence-corrected chi connectivity index (χ1v) is 7.84. The Labute approximate surface area is 147 Å². The lowest BCUT2D eigenvalue weighted by molar-refractivity contribution is -0.130. The number of carbonyl (C=O) groups excluding carboxylic acids is 2. The van der Waals surface area contributed by atoms with Crippen LogP contribution in [0.2, 0.25) is 0 Å². The van der Waals surface area contributed by atoms with Gasteiger partial charge in [-0.1, -0.05) is 13.8 Å². The Morgan fingerprint density at radius 1 is 1.16 bits per heavy atom. The first kappa shape index (κ1) is 20.3. The van der Waals surface area contributed by atoms with E-state index >= 15 is 0 Å². The summed E-state index contributed by atoms with van der Waals surface area (Å²) < 4.78 is 15.4. The summed E-state index contributed by atoms with van der Waals surface area (Å²) in [6.07, 6.45) is -1.05. The van der Waals surface area contributed by atoms with Crippen molar-refractivity contribution in [3.63, 3.8) is 0 Å². The number of nitrogens with one attached hydrogen (secondary N) is 1. The van der Waals surface area contributed by atoms with Gasteiger partial charge in [-0.3, -0.25) is 4.79 Å². The summed E-state index contributed by atoms with van der Waals surface area (Å²) in [6.45, 7) is 6.72. The van der Waals surface area contributed by atoms with Gasteiger partial charge in [0.2, 0.25) is 0 Å². The lowest BCUT2D eigenvalue weighted by Gasteiger charge is -2.28. The number of hydrogen-bond donors (Lipinski definition) is 1. The third kappa shape index (κ3) is 4.86. The molecule has 0 radical (unpaired) electrons. The van der Waals surface area contributed by atoms with E-state index in [1.54, 1.807) is 13.0 Å². The van der Waals surface area contributed by atoms with Crippen molar-refractivity contribution in [2.45, 2.75) is 39.3 Å². The average molecular weight is 348 g/mol. The Morgan fingerprint density at radius 3 is 2.24 bits per heavy atom. The molecule has 25 heavy (non-hydrogen) atoms. The molecule has 0 aliphatic carbocycles. The van der Waals surface area contributed by atoms with Gasteiger partial charge in [0.1, 0.15) is 5.54 Å². The minimum absolute atomic E-state index is 0.102. The van der Waals surface area contributed by atoms with Gasteiger partial charge in [0.15, 0.2) is 17.6 Å². The number of ether oxygens (including phenoxy) is 3. The van der Waals surface area contributed by atoms with Crippen LogP contribution < -0.4 is 14.8 Å². The molecule has 1 aromatic rings. The van der Waals surface area contributed by atoms with Crippen LogP contribution in [0.15, 0.2) is 18.2 Å². The lowest BCUT2D eigenvalue weighted by atomic mass is 9.90. The first-order chi connectivity index (χ1) is 11.7. The summed E-state index contributed by atoms with van der Waals surface area (Å²) in [5.41, 5.74) is -0.814. The molecule has 0 aliphatic rings. The third-order valence-corrected chi connectivity index (χ3v) is 4.04. The number of benzene rings is 1. The average Bonchev–Trinajstić information content (AvgIpc) is 2.60. The molecule has 7 heteroatoms. The maximum Gasteiger partial charge on any atom is 0.339 e. The van der Waals surface area contributed by atoms with E-state index in [0.717, 1.165) is 0 Å². The fourth-order valence-corrected chi connectivity index (χ4v) is 1.90. The van der Waals surface area contributed by atoms with Crippen LogP contribution in [0, 0.1) is 17.2 Å². The van der Waals surface area contributed by atoms with E-state index in [-0.39, 0.29) is 11.5 Å². The highest BCUT2D eigenvalue weighted by Crippen LogP contribution is 2.28. The molecule has 2 atom stereocenters. The highest BCUT2D eigenvalue weighted by atomic mass is 16.5. The van der Waals surface area contributed by atoms with E-state index in [0.29, 0.717) is 11.5 Å². The van der Waals surface area contributed by atoms with Crippen LogP contribution in [-0.2, 0) is 9.53 Å². The predicted molar refractivity (Wildman–Crippen MR) is 91.4 cm³/mol. The van der Waals surface area contributed by atoms with Crippen molar-refractivity contribution in [3.05, 3.63) is 23.8 Å². The maximum atomic E-state index is 12.2. The zero-order valence-corrected chi connectivity index (χ0v) is 15.4. The Bertz CT molecular complexity index is 681. The van der Waals surface area contributed by atoms with Crippen LogP contribution in [-0.4, -0.2) is 37.7 Å². The van der Waals surface area contributed by atoms with Crippen molar-refractivity contribution in [3.8, 4) is 17.6 Å². The third-order valence-electron chi connectivity index (χ3n) is 4.04. The van der Waals surface area contributed by atoms with E-state index in [1.165, 1.54) is 33.3 Å². The number of esters is 1. The molecular formula is C18H24N2O5. The molecule has 1 N–H and O–H groups in total. The summed E-state index contributed by atoms with van der Waals surface area (Å²) in [4.78, 5) is 24.5. The van der Waals surface area contributed by atoms with E-state index < -0.39 is 23.5 Å². The van der Waals surface area contributed by atoms with E-state index in [2.05, 4.69) is 11.4 Å². The Hall–Kier alpha value is -2.75. The number of amides is 1. The molecule has 0 saturated heterocycles. The predicted octanol–water partition coefficient (Wildman–Crippen LogP) is 2.30. The topological polar surface area (TPSA) is 97.6 Å². The Balaban J connectivity index is 2.83. The Kier molecular flexibility index (Phi) is 6.80. The zero-order valence-electron chi connectivity index (χ0n) is 15.4. The molecular weight excluding hydrogens is 324 g/mol. The number of methoxy groups -OCH3 is 2. The molecule has 1 aromatic carbocycles. The van der Waals surface area contributed by atoms with Gasteiger partial charge in [0.05, 0.1) is 25.9 Å². The fourth-order valence-electron chi connectivity index (χ4n) is 1.90. The van der Waals surface area contributed by atoms with Gasteiger partial charge in [-0.2, -0.15) is 5.26 Å². The van der Waals surface area contributed by atoms with Crippen molar-refractivity contribution in [2.75, 3.05) is 14.2 Å². The van der Waals surface area contributed by atoms with Crippen molar-refractivity contribution in [1.29, 1.82) is 5.26 Å². The standard InChI is InChI=1S/C18H24N2O5/c1-11(2)18(4,10-19)20-16(21)12(3)25-17(22)13-7-8-14(23-5)15(9-13)24-6/h7-9,11-12H,1-6H3,(H,20,21)/t12-,18-/m0/s1. The van der Waals surface area contributed by atoms with Gasteiger partial charge in [-0.05, 0) is 38.0 Å². The van der Waals surface area contributed by atoms with E-state index in [4.69, 9.17) is 14.2 Å². The zero-order chi connectivity index (χ0) is 19.2. The molecule has 0 saturated carbocycles. The molecule has 0 heterocycles. The molecule has 0 fully saturated rings. The molecule has 136 valence electrons. The number of carbonyl (C=O) groups is 2. The number of rotatable bonds is 7. The van der Waals surface area contributed by atoms with Crippen LogP contribution in [0.1, 0.15) is 38.1 Å². The van der Waals surface area contributed by atoms with Crippen LogP contribution in [0.25, 0.3) is 0 Å². The van der Waals surface area contributed by atoms with Gasteiger partial charge in [-0.15, -0.1) is 0 Å². The van der Waals surface area contributed by atoms with Crippen molar-refractivity contribution in [1.82, 2.24) is 5.32 Å². The smallest absolute Gasteiger partial charge is 0.339 e. The van der Waals surface area contributed by atoms with Crippen LogP contribution in [0.5, 0.6) is 11.5 Å². The number of nitriles is 1. The summed E-state index contributed by atoms with van der Waals surface area (Å²) in [5, 5.41) is 11.9. The first-order valence-electron chi connectivity index (χ1n) is 7.84. The summed E-state index contributed by atoms with van der Waals surface area (Å²) in [6, 6.07) is 6.64. The fraction of sp³-hybridized carbons (Fsp3) is 0.500. The molecule has 0 unspecified atom stereocenters. The van der Waals surface area contributed by atoms with Gasteiger partial charge in [-0.25, -0.2) is 4.79 Å². The van der Waals surface area contributed by atoms with Gasteiger partial charge < -0.3 is 19.5 Å².